The molecule has 0 bridgehead atoms. The molecule has 0 atom stereocenters. The van der Waals surface area contributed by atoms with Crippen molar-refractivity contribution in [3.05, 3.63) is 50.8 Å². The van der Waals surface area contributed by atoms with Gasteiger partial charge >= 0.3 is 0 Å². The summed E-state index contributed by atoms with van der Waals surface area (Å²) in [6, 6.07) is 3.24. The van der Waals surface area contributed by atoms with E-state index in [2.05, 4.69) is 37.2 Å². The molecule has 1 amide bonds. The summed E-state index contributed by atoms with van der Waals surface area (Å²) < 4.78 is 31.8. The van der Waals surface area contributed by atoms with Crippen molar-refractivity contribution < 1.29 is 18.0 Å². The molecule has 0 saturated heterocycles. The van der Waals surface area contributed by atoms with Gasteiger partial charge in [0.15, 0.2) is 4.67 Å². The molecule has 2 aromatic rings. The summed E-state index contributed by atoms with van der Waals surface area (Å²) >= 11 is 5.87. The van der Waals surface area contributed by atoms with Gasteiger partial charge in [-0.3, -0.25) is 4.79 Å². The fourth-order valence-electron chi connectivity index (χ4n) is 1.26. The molecule has 0 radical (unpaired) electrons. The Morgan fingerprint density at radius 3 is 2.56 bits per heavy atom. The van der Waals surface area contributed by atoms with Crippen LogP contribution in [0.15, 0.2) is 38.0 Å². The number of hydrogen-bond donors (Lipinski definition) is 1. The molecule has 0 aliphatic rings. The lowest BCUT2D eigenvalue weighted by Gasteiger charge is -2.06. The lowest BCUT2D eigenvalue weighted by Crippen LogP contribution is -2.13. The Balaban J connectivity index is 2.28. The molecule has 0 aliphatic heterocycles. The summed E-state index contributed by atoms with van der Waals surface area (Å²) in [7, 11) is 0. The fourth-order valence-corrected chi connectivity index (χ4v) is 2.00. The van der Waals surface area contributed by atoms with Crippen LogP contribution in [0.2, 0.25) is 0 Å². The number of rotatable bonds is 2. The Kier molecular flexibility index (Phi) is 3.82. The van der Waals surface area contributed by atoms with E-state index in [0.29, 0.717) is 0 Å². The van der Waals surface area contributed by atoms with Crippen LogP contribution in [0, 0.1) is 11.6 Å². The zero-order chi connectivity index (χ0) is 13.3. The molecular formula is C11H5Br2F2NO2. The van der Waals surface area contributed by atoms with E-state index in [1.807, 2.05) is 0 Å². The molecule has 0 fully saturated rings. The predicted molar refractivity (Wildman–Crippen MR) is 68.4 cm³/mol. The van der Waals surface area contributed by atoms with Crippen LogP contribution in [0.1, 0.15) is 10.4 Å². The van der Waals surface area contributed by atoms with Gasteiger partial charge in [0.25, 0.3) is 5.91 Å². The number of hydrogen-bond acceptors (Lipinski definition) is 2. The number of halogens is 4. The lowest BCUT2D eigenvalue weighted by atomic mass is 10.2. The van der Waals surface area contributed by atoms with Crippen molar-refractivity contribution in [1.29, 1.82) is 0 Å². The highest BCUT2D eigenvalue weighted by Crippen LogP contribution is 2.25. The maximum Gasteiger partial charge on any atom is 0.260 e. The van der Waals surface area contributed by atoms with Gasteiger partial charge in [-0.15, -0.1) is 0 Å². The smallest absolute Gasteiger partial charge is 0.260 e. The Hall–Kier alpha value is -1.21. The van der Waals surface area contributed by atoms with Gasteiger partial charge in [-0.2, -0.15) is 0 Å². The monoisotopic (exact) mass is 379 g/mol. The molecule has 2 rings (SSSR count). The van der Waals surface area contributed by atoms with Crippen LogP contribution in [0.4, 0.5) is 14.5 Å². The largest absolute Gasteiger partial charge is 0.457 e. The third kappa shape index (κ3) is 2.62. The first-order valence-corrected chi connectivity index (χ1v) is 6.26. The molecule has 0 saturated carbocycles. The number of furan rings is 1. The van der Waals surface area contributed by atoms with Gasteiger partial charge < -0.3 is 9.73 Å². The van der Waals surface area contributed by atoms with E-state index in [0.717, 1.165) is 12.1 Å². The minimum Gasteiger partial charge on any atom is -0.457 e. The SMILES string of the molecule is O=C(Nc1cc(F)c(Br)cc1F)c1ccoc1Br. The summed E-state index contributed by atoms with van der Waals surface area (Å²) in [6.07, 6.45) is 1.30. The second-order valence-corrected chi connectivity index (χ2v) is 4.88. The molecule has 1 aromatic carbocycles. The minimum absolute atomic E-state index is 0.0116. The van der Waals surface area contributed by atoms with Crippen LogP contribution in [-0.4, -0.2) is 5.91 Å². The van der Waals surface area contributed by atoms with E-state index in [-0.39, 0.29) is 20.4 Å². The summed E-state index contributed by atoms with van der Waals surface area (Å²) in [6.45, 7) is 0. The molecule has 18 heavy (non-hydrogen) atoms. The van der Waals surface area contributed by atoms with Gasteiger partial charge in [0.05, 0.1) is 22.0 Å². The van der Waals surface area contributed by atoms with Crippen LogP contribution in [0.25, 0.3) is 0 Å². The van der Waals surface area contributed by atoms with Crippen molar-refractivity contribution in [2.24, 2.45) is 0 Å². The first kappa shape index (κ1) is 13.2. The summed E-state index contributed by atoms with van der Waals surface area (Å²) in [5.41, 5.74) is -0.0495. The van der Waals surface area contributed by atoms with Gasteiger partial charge in [-0.05, 0) is 44.0 Å². The first-order valence-electron chi connectivity index (χ1n) is 4.68. The molecule has 1 heterocycles. The lowest BCUT2D eigenvalue weighted by molar-refractivity contribution is 0.102. The fraction of sp³-hybridized carbons (Fsp3) is 0. The van der Waals surface area contributed by atoms with Gasteiger partial charge in [0.2, 0.25) is 0 Å². The summed E-state index contributed by atoms with van der Waals surface area (Å²) in [4.78, 5) is 11.7. The van der Waals surface area contributed by atoms with E-state index in [4.69, 9.17) is 4.42 Å². The van der Waals surface area contributed by atoms with Crippen molar-refractivity contribution >= 4 is 43.5 Å². The van der Waals surface area contributed by atoms with Crippen molar-refractivity contribution in [2.75, 3.05) is 5.32 Å². The molecule has 3 nitrogen and oxygen atoms in total. The van der Waals surface area contributed by atoms with E-state index >= 15 is 0 Å². The molecule has 94 valence electrons. The Bertz CT molecular complexity index is 613. The van der Waals surface area contributed by atoms with Gasteiger partial charge in [-0.1, -0.05) is 0 Å². The van der Waals surface area contributed by atoms with Crippen LogP contribution in [0.5, 0.6) is 0 Å². The standard InChI is InChI=1S/C11H5Br2F2NO2/c12-6-3-8(15)9(4-7(6)14)16-11(17)5-1-2-18-10(5)13/h1-4H,(H,16,17). The topological polar surface area (TPSA) is 42.2 Å². The normalized spacial score (nSPS) is 10.4. The van der Waals surface area contributed by atoms with E-state index < -0.39 is 17.5 Å². The number of benzene rings is 1. The van der Waals surface area contributed by atoms with E-state index in [1.165, 1.54) is 12.3 Å². The Morgan fingerprint density at radius 1 is 1.22 bits per heavy atom. The van der Waals surface area contributed by atoms with Gasteiger partial charge in [-0.25, -0.2) is 8.78 Å². The number of anilines is 1. The number of carbonyl (C=O) groups is 1. The second kappa shape index (κ2) is 5.19. The Morgan fingerprint density at radius 2 is 1.94 bits per heavy atom. The highest BCUT2D eigenvalue weighted by Gasteiger charge is 2.16. The zero-order valence-corrected chi connectivity index (χ0v) is 11.8. The quantitative estimate of drug-likeness (QED) is 0.787. The molecular weight excluding hydrogens is 376 g/mol. The predicted octanol–water partition coefficient (Wildman–Crippen LogP) is 4.34. The highest BCUT2D eigenvalue weighted by molar-refractivity contribution is 9.10. The van der Waals surface area contributed by atoms with Crippen LogP contribution in [-0.2, 0) is 0 Å². The van der Waals surface area contributed by atoms with Crippen molar-refractivity contribution in [1.82, 2.24) is 0 Å². The third-order valence-electron chi connectivity index (χ3n) is 2.12. The summed E-state index contributed by atoms with van der Waals surface area (Å²) in [5.74, 6) is -2.01. The Labute approximate surface area is 117 Å². The van der Waals surface area contributed by atoms with Gasteiger partial charge in [0, 0.05) is 6.07 Å². The average Bonchev–Trinajstić information content (AvgIpc) is 2.72. The second-order valence-electron chi connectivity index (χ2n) is 3.31. The van der Waals surface area contributed by atoms with Gasteiger partial charge in [0.1, 0.15) is 11.6 Å². The molecule has 0 aliphatic carbocycles. The van der Waals surface area contributed by atoms with Crippen LogP contribution < -0.4 is 5.32 Å². The zero-order valence-electron chi connectivity index (χ0n) is 8.64. The molecule has 7 heteroatoms. The number of nitrogens with one attached hydrogen (secondary N) is 1. The van der Waals surface area contributed by atoms with Crippen LogP contribution >= 0.6 is 31.9 Å². The molecule has 1 N–H and O–H groups in total. The minimum atomic E-state index is -0.740. The van der Waals surface area contributed by atoms with E-state index in [1.54, 1.807) is 0 Å². The first-order chi connectivity index (χ1) is 8.49. The number of amides is 1. The maximum absolute atomic E-state index is 13.5. The third-order valence-corrected chi connectivity index (χ3v) is 3.34. The van der Waals surface area contributed by atoms with Crippen molar-refractivity contribution in [3.8, 4) is 0 Å². The highest BCUT2D eigenvalue weighted by atomic mass is 79.9. The number of carbonyl (C=O) groups excluding carboxylic acids is 1. The van der Waals surface area contributed by atoms with Crippen molar-refractivity contribution in [2.45, 2.75) is 0 Å². The molecule has 0 spiro atoms. The van der Waals surface area contributed by atoms with Crippen molar-refractivity contribution in [3.63, 3.8) is 0 Å². The average molecular weight is 381 g/mol. The molecule has 0 unspecified atom stereocenters. The van der Waals surface area contributed by atoms with E-state index in [9.17, 15) is 13.6 Å². The maximum atomic E-state index is 13.5. The molecule has 1 aromatic heterocycles. The summed E-state index contributed by atoms with van der Waals surface area (Å²) in [5, 5.41) is 2.26. The van der Waals surface area contributed by atoms with Crippen LogP contribution in [0.3, 0.4) is 0 Å².